The first-order chi connectivity index (χ1) is 10.2. The van der Waals surface area contributed by atoms with Crippen molar-refractivity contribution in [3.8, 4) is 5.75 Å². The number of amides is 1. The highest BCUT2D eigenvalue weighted by atomic mass is 16.5. The molecule has 1 aliphatic rings. The molecular weight excluding hydrogens is 264 g/mol. The molecule has 0 spiro atoms. The molecule has 1 heterocycles. The van der Waals surface area contributed by atoms with Gasteiger partial charge in [-0.15, -0.1) is 0 Å². The summed E-state index contributed by atoms with van der Waals surface area (Å²) in [4.78, 5) is 14.6. The lowest BCUT2D eigenvalue weighted by Gasteiger charge is -2.24. The number of likely N-dealkylation sites (tertiary alicyclic amines) is 1. The van der Waals surface area contributed by atoms with E-state index in [4.69, 9.17) is 4.74 Å². The standard InChI is InChI=1S/C17H26N2O2/c1-4-15(21-16-8-6-5-7-13(16)2)17(20)19-10-9-14(12-19)11-18-3/h5-8,14-15,18H,4,9-12H2,1-3H3/t14-,15-/m1/s1. The number of para-hydroxylation sites is 1. The number of hydrogen-bond acceptors (Lipinski definition) is 3. The van der Waals surface area contributed by atoms with E-state index in [2.05, 4.69) is 5.32 Å². The molecule has 2 atom stereocenters. The third-order valence-electron chi connectivity index (χ3n) is 4.10. The summed E-state index contributed by atoms with van der Waals surface area (Å²) >= 11 is 0. The summed E-state index contributed by atoms with van der Waals surface area (Å²) in [5, 5.41) is 3.19. The third kappa shape index (κ3) is 3.97. The Kier molecular flexibility index (Phi) is 5.62. The first kappa shape index (κ1) is 15.8. The zero-order valence-corrected chi connectivity index (χ0v) is 13.3. The number of benzene rings is 1. The Morgan fingerprint density at radius 2 is 2.24 bits per heavy atom. The van der Waals surface area contributed by atoms with Crippen LogP contribution in [0.5, 0.6) is 5.75 Å². The number of carbonyl (C=O) groups excluding carboxylic acids is 1. The van der Waals surface area contributed by atoms with Crippen LogP contribution < -0.4 is 10.1 Å². The Morgan fingerprint density at radius 3 is 2.90 bits per heavy atom. The topological polar surface area (TPSA) is 41.6 Å². The van der Waals surface area contributed by atoms with E-state index in [9.17, 15) is 4.79 Å². The smallest absolute Gasteiger partial charge is 0.263 e. The number of ether oxygens (including phenoxy) is 1. The van der Waals surface area contributed by atoms with Crippen molar-refractivity contribution in [1.82, 2.24) is 10.2 Å². The molecule has 1 aromatic rings. The first-order valence-electron chi connectivity index (χ1n) is 7.81. The minimum Gasteiger partial charge on any atom is -0.480 e. The molecule has 1 amide bonds. The summed E-state index contributed by atoms with van der Waals surface area (Å²) < 4.78 is 5.96. The maximum Gasteiger partial charge on any atom is 0.263 e. The number of rotatable bonds is 6. The zero-order valence-electron chi connectivity index (χ0n) is 13.3. The molecule has 0 bridgehead atoms. The van der Waals surface area contributed by atoms with Crippen molar-refractivity contribution >= 4 is 5.91 Å². The molecule has 0 aromatic heterocycles. The van der Waals surface area contributed by atoms with Crippen molar-refractivity contribution in [2.24, 2.45) is 5.92 Å². The highest BCUT2D eigenvalue weighted by molar-refractivity contribution is 5.81. The number of carbonyl (C=O) groups is 1. The molecule has 0 saturated carbocycles. The predicted molar refractivity (Wildman–Crippen MR) is 84.5 cm³/mol. The molecule has 1 aliphatic heterocycles. The quantitative estimate of drug-likeness (QED) is 0.873. The lowest BCUT2D eigenvalue weighted by molar-refractivity contribution is -0.137. The largest absolute Gasteiger partial charge is 0.480 e. The van der Waals surface area contributed by atoms with Gasteiger partial charge in [-0.25, -0.2) is 0 Å². The second-order valence-electron chi connectivity index (χ2n) is 5.78. The van der Waals surface area contributed by atoms with Crippen LogP contribution in [-0.2, 0) is 4.79 Å². The number of hydrogen-bond donors (Lipinski definition) is 1. The van der Waals surface area contributed by atoms with E-state index >= 15 is 0 Å². The summed E-state index contributed by atoms with van der Waals surface area (Å²) in [7, 11) is 1.96. The second kappa shape index (κ2) is 7.46. The Hall–Kier alpha value is -1.55. The van der Waals surface area contributed by atoms with Crippen LogP contribution in [0.3, 0.4) is 0 Å². The van der Waals surface area contributed by atoms with Crippen LogP contribution in [0.15, 0.2) is 24.3 Å². The van der Waals surface area contributed by atoms with Crippen LogP contribution >= 0.6 is 0 Å². The Bertz CT molecular complexity index is 476. The minimum absolute atomic E-state index is 0.124. The van der Waals surface area contributed by atoms with Crippen LogP contribution in [0.25, 0.3) is 0 Å². The van der Waals surface area contributed by atoms with Gasteiger partial charge in [-0.2, -0.15) is 0 Å². The van der Waals surface area contributed by atoms with Crippen molar-refractivity contribution in [2.75, 3.05) is 26.7 Å². The average molecular weight is 290 g/mol. The third-order valence-corrected chi connectivity index (χ3v) is 4.10. The second-order valence-corrected chi connectivity index (χ2v) is 5.78. The van der Waals surface area contributed by atoms with Gasteiger partial charge >= 0.3 is 0 Å². The Morgan fingerprint density at radius 1 is 1.48 bits per heavy atom. The van der Waals surface area contributed by atoms with Gasteiger partial charge in [-0.3, -0.25) is 4.79 Å². The van der Waals surface area contributed by atoms with Gasteiger partial charge in [0.2, 0.25) is 0 Å². The van der Waals surface area contributed by atoms with Crippen molar-refractivity contribution < 1.29 is 9.53 Å². The van der Waals surface area contributed by atoms with Gasteiger partial charge in [0.1, 0.15) is 5.75 Å². The van der Waals surface area contributed by atoms with Gasteiger partial charge in [0.05, 0.1) is 0 Å². The maximum atomic E-state index is 12.6. The van der Waals surface area contributed by atoms with Crippen molar-refractivity contribution in [1.29, 1.82) is 0 Å². The SMILES string of the molecule is CC[C@@H](Oc1ccccc1C)C(=O)N1CC[C@H](CNC)C1. The maximum absolute atomic E-state index is 12.6. The molecule has 0 radical (unpaired) electrons. The lowest BCUT2D eigenvalue weighted by Crippen LogP contribution is -2.41. The molecule has 4 heteroatoms. The Labute approximate surface area is 127 Å². The fourth-order valence-corrected chi connectivity index (χ4v) is 2.84. The van der Waals surface area contributed by atoms with E-state index in [1.165, 1.54) is 0 Å². The number of nitrogens with one attached hydrogen (secondary N) is 1. The normalized spacial score (nSPS) is 19.6. The zero-order chi connectivity index (χ0) is 15.2. The Balaban J connectivity index is 1.98. The molecule has 2 rings (SSSR count). The summed E-state index contributed by atoms with van der Waals surface area (Å²) in [5.41, 5.74) is 1.07. The van der Waals surface area contributed by atoms with Crippen LogP contribution in [-0.4, -0.2) is 43.6 Å². The first-order valence-corrected chi connectivity index (χ1v) is 7.81. The lowest BCUT2D eigenvalue weighted by atomic mass is 10.1. The molecule has 116 valence electrons. The van der Waals surface area contributed by atoms with Crippen LogP contribution in [0.4, 0.5) is 0 Å². The molecule has 1 aromatic carbocycles. The van der Waals surface area contributed by atoms with Crippen molar-refractivity contribution in [3.63, 3.8) is 0 Å². The van der Waals surface area contributed by atoms with Gasteiger partial charge in [0.25, 0.3) is 5.91 Å². The molecule has 1 fully saturated rings. The predicted octanol–water partition coefficient (Wildman–Crippen LogP) is 2.22. The van der Waals surface area contributed by atoms with Gasteiger partial charge in [0.15, 0.2) is 6.10 Å². The molecule has 1 saturated heterocycles. The van der Waals surface area contributed by atoms with E-state index in [0.29, 0.717) is 12.3 Å². The van der Waals surface area contributed by atoms with E-state index < -0.39 is 0 Å². The van der Waals surface area contributed by atoms with Crippen molar-refractivity contribution in [3.05, 3.63) is 29.8 Å². The molecule has 0 unspecified atom stereocenters. The molecule has 1 N–H and O–H groups in total. The highest BCUT2D eigenvalue weighted by Gasteiger charge is 2.31. The van der Waals surface area contributed by atoms with Gasteiger partial charge in [-0.05, 0) is 50.9 Å². The summed E-state index contributed by atoms with van der Waals surface area (Å²) in [6.07, 6.45) is 1.40. The van der Waals surface area contributed by atoms with Gasteiger partial charge < -0.3 is 15.0 Å². The van der Waals surface area contributed by atoms with Gasteiger partial charge in [0, 0.05) is 13.1 Å². The van der Waals surface area contributed by atoms with E-state index in [1.807, 2.05) is 50.1 Å². The summed E-state index contributed by atoms with van der Waals surface area (Å²) in [5.74, 6) is 1.50. The number of nitrogens with zero attached hydrogens (tertiary/aromatic N) is 1. The fourth-order valence-electron chi connectivity index (χ4n) is 2.84. The molecule has 0 aliphatic carbocycles. The summed E-state index contributed by atoms with van der Waals surface area (Å²) in [6, 6.07) is 7.86. The molecule has 4 nitrogen and oxygen atoms in total. The van der Waals surface area contributed by atoms with E-state index in [0.717, 1.165) is 37.4 Å². The highest BCUT2D eigenvalue weighted by Crippen LogP contribution is 2.22. The van der Waals surface area contributed by atoms with Gasteiger partial charge in [-0.1, -0.05) is 25.1 Å². The van der Waals surface area contributed by atoms with Crippen LogP contribution in [0.2, 0.25) is 0 Å². The minimum atomic E-state index is -0.376. The average Bonchev–Trinajstić information content (AvgIpc) is 2.95. The molecule has 21 heavy (non-hydrogen) atoms. The monoisotopic (exact) mass is 290 g/mol. The van der Waals surface area contributed by atoms with Crippen LogP contribution in [0, 0.1) is 12.8 Å². The fraction of sp³-hybridized carbons (Fsp3) is 0.588. The number of aryl methyl sites for hydroxylation is 1. The summed E-state index contributed by atoms with van der Waals surface area (Å²) in [6.45, 7) is 6.67. The van der Waals surface area contributed by atoms with E-state index in [-0.39, 0.29) is 12.0 Å². The van der Waals surface area contributed by atoms with Crippen molar-refractivity contribution in [2.45, 2.75) is 32.8 Å². The van der Waals surface area contributed by atoms with E-state index in [1.54, 1.807) is 0 Å². The van der Waals surface area contributed by atoms with Crippen LogP contribution in [0.1, 0.15) is 25.3 Å². The molecular formula is C17H26N2O2.